The highest BCUT2D eigenvalue weighted by atomic mass is 19.4. The van der Waals surface area contributed by atoms with E-state index in [2.05, 4.69) is 10.2 Å². The fraction of sp³-hybridized carbons (Fsp3) is 0.769. The molecule has 0 aromatic carbocycles. The first kappa shape index (κ1) is 14.3. The molecule has 1 aliphatic heterocycles. The number of likely N-dealkylation sites (tertiary alicyclic amines) is 1. The highest BCUT2D eigenvalue weighted by Gasteiger charge is 2.39. The van der Waals surface area contributed by atoms with E-state index >= 15 is 0 Å². The van der Waals surface area contributed by atoms with Gasteiger partial charge in [0.25, 0.3) is 0 Å². The summed E-state index contributed by atoms with van der Waals surface area (Å²) in [4.78, 5) is 13.9. The van der Waals surface area contributed by atoms with Crippen molar-refractivity contribution in [1.82, 2.24) is 15.1 Å². The number of amides is 1. The summed E-state index contributed by atoms with van der Waals surface area (Å²) in [6, 6.07) is 0. The molecule has 0 atom stereocenters. The number of carbonyl (C=O) groups excluding carboxylic acids is 1. The molecule has 1 aromatic rings. The van der Waals surface area contributed by atoms with Crippen LogP contribution in [0, 0.1) is 5.92 Å². The molecule has 0 unspecified atom stereocenters. The van der Waals surface area contributed by atoms with E-state index in [0.717, 1.165) is 19.3 Å². The third kappa shape index (κ3) is 2.89. The lowest BCUT2D eigenvalue weighted by Crippen LogP contribution is -2.43. The Labute approximate surface area is 119 Å². The number of hydrogen-bond acceptors (Lipinski definition) is 4. The van der Waals surface area contributed by atoms with E-state index in [-0.39, 0.29) is 23.6 Å². The van der Waals surface area contributed by atoms with E-state index in [4.69, 9.17) is 4.42 Å². The Hall–Kier alpha value is -1.60. The smallest absolute Gasteiger partial charge is 0.417 e. The number of hydrogen-bond donors (Lipinski definition) is 0. The number of carbonyl (C=O) groups is 1. The van der Waals surface area contributed by atoms with Crippen molar-refractivity contribution in [2.24, 2.45) is 5.92 Å². The van der Waals surface area contributed by atoms with Crippen molar-refractivity contribution in [2.45, 2.75) is 44.2 Å². The van der Waals surface area contributed by atoms with Gasteiger partial charge in [-0.05, 0) is 25.7 Å². The third-order valence-corrected chi connectivity index (χ3v) is 4.29. The molecular formula is C13H16F3N3O2. The summed E-state index contributed by atoms with van der Waals surface area (Å²) < 4.78 is 42.0. The van der Waals surface area contributed by atoms with Crippen molar-refractivity contribution in [1.29, 1.82) is 0 Å². The summed E-state index contributed by atoms with van der Waals surface area (Å²) >= 11 is 0. The molecule has 2 fully saturated rings. The van der Waals surface area contributed by atoms with Crippen molar-refractivity contribution < 1.29 is 22.4 Å². The molecule has 1 saturated heterocycles. The van der Waals surface area contributed by atoms with Crippen LogP contribution in [0.4, 0.5) is 13.2 Å². The molecule has 1 saturated carbocycles. The van der Waals surface area contributed by atoms with Gasteiger partial charge in [-0.15, -0.1) is 10.2 Å². The van der Waals surface area contributed by atoms with Gasteiger partial charge in [-0.3, -0.25) is 4.79 Å². The van der Waals surface area contributed by atoms with Gasteiger partial charge in [-0.2, -0.15) is 13.2 Å². The lowest BCUT2D eigenvalue weighted by Gasteiger charge is -2.35. The van der Waals surface area contributed by atoms with Gasteiger partial charge in [0.05, 0.1) is 0 Å². The van der Waals surface area contributed by atoms with Crippen molar-refractivity contribution >= 4 is 5.91 Å². The molecule has 2 heterocycles. The minimum Gasteiger partial charge on any atom is -0.417 e. The van der Waals surface area contributed by atoms with Gasteiger partial charge in [-0.25, -0.2) is 0 Å². The SMILES string of the molecule is O=C(C1CCC1)N1CCC(c2nnc(C(F)(F)F)o2)CC1. The summed E-state index contributed by atoms with van der Waals surface area (Å²) in [6.45, 7) is 1.09. The number of aromatic nitrogens is 2. The first-order valence-electron chi connectivity index (χ1n) is 7.14. The number of piperidine rings is 1. The first-order valence-corrected chi connectivity index (χ1v) is 7.14. The van der Waals surface area contributed by atoms with Gasteiger partial charge < -0.3 is 9.32 Å². The number of alkyl halides is 3. The molecule has 1 amide bonds. The Kier molecular flexibility index (Phi) is 3.62. The summed E-state index contributed by atoms with van der Waals surface area (Å²) in [7, 11) is 0. The third-order valence-electron chi connectivity index (χ3n) is 4.29. The second-order valence-corrected chi connectivity index (χ2v) is 5.67. The highest BCUT2D eigenvalue weighted by Crippen LogP contribution is 2.34. The van der Waals surface area contributed by atoms with Crippen LogP contribution in [-0.4, -0.2) is 34.1 Å². The monoisotopic (exact) mass is 303 g/mol. The molecule has 0 N–H and O–H groups in total. The van der Waals surface area contributed by atoms with Gasteiger partial charge in [0.15, 0.2) is 0 Å². The second kappa shape index (κ2) is 5.31. The predicted molar refractivity (Wildman–Crippen MR) is 65.2 cm³/mol. The zero-order chi connectivity index (χ0) is 15.0. The number of nitrogens with zero attached hydrogens (tertiary/aromatic N) is 3. The van der Waals surface area contributed by atoms with Crippen LogP contribution in [-0.2, 0) is 11.0 Å². The first-order chi connectivity index (χ1) is 9.95. The van der Waals surface area contributed by atoms with E-state index < -0.39 is 12.1 Å². The molecule has 0 radical (unpaired) electrons. The van der Waals surface area contributed by atoms with E-state index in [1.807, 2.05) is 0 Å². The van der Waals surface area contributed by atoms with Crippen LogP contribution in [0.3, 0.4) is 0 Å². The van der Waals surface area contributed by atoms with E-state index in [9.17, 15) is 18.0 Å². The van der Waals surface area contributed by atoms with E-state index in [1.54, 1.807) is 4.90 Å². The molecule has 3 rings (SSSR count). The van der Waals surface area contributed by atoms with Gasteiger partial charge in [0, 0.05) is 24.9 Å². The minimum absolute atomic E-state index is 0.0260. The van der Waals surface area contributed by atoms with Gasteiger partial charge in [0.1, 0.15) is 0 Å². The van der Waals surface area contributed by atoms with Gasteiger partial charge in [0.2, 0.25) is 11.8 Å². The van der Waals surface area contributed by atoms with Crippen molar-refractivity contribution in [3.05, 3.63) is 11.8 Å². The average molecular weight is 303 g/mol. The Morgan fingerprint density at radius 2 is 1.81 bits per heavy atom. The van der Waals surface area contributed by atoms with Crippen LogP contribution in [0.2, 0.25) is 0 Å². The van der Waals surface area contributed by atoms with Gasteiger partial charge in [-0.1, -0.05) is 6.42 Å². The average Bonchev–Trinajstić information content (AvgIpc) is 2.86. The standard InChI is InChI=1S/C13H16F3N3O2/c14-13(15,16)12-18-17-10(21-12)8-4-6-19(7-5-8)11(20)9-2-1-3-9/h8-9H,1-7H2. The van der Waals surface area contributed by atoms with Crippen LogP contribution >= 0.6 is 0 Å². The molecule has 1 aliphatic carbocycles. The Bertz CT molecular complexity index is 517. The highest BCUT2D eigenvalue weighted by molar-refractivity contribution is 5.79. The fourth-order valence-corrected chi connectivity index (χ4v) is 2.77. The van der Waals surface area contributed by atoms with Crippen molar-refractivity contribution in [3.8, 4) is 0 Å². The summed E-state index contributed by atoms with van der Waals surface area (Å²) in [5, 5.41) is 6.54. The summed E-state index contributed by atoms with van der Waals surface area (Å²) in [5.74, 6) is -1.13. The molecule has 2 aliphatic rings. The van der Waals surface area contributed by atoms with Gasteiger partial charge >= 0.3 is 12.1 Å². The normalized spacial score (nSPS) is 21.4. The quantitative estimate of drug-likeness (QED) is 0.842. The summed E-state index contributed by atoms with van der Waals surface area (Å²) in [5.41, 5.74) is 0. The maximum absolute atomic E-state index is 12.4. The van der Waals surface area contributed by atoms with E-state index in [1.165, 1.54) is 0 Å². The number of rotatable bonds is 2. The molecule has 21 heavy (non-hydrogen) atoms. The minimum atomic E-state index is -4.61. The Balaban J connectivity index is 1.58. The summed E-state index contributed by atoms with van der Waals surface area (Å²) in [6.07, 6.45) is -0.453. The zero-order valence-corrected chi connectivity index (χ0v) is 11.4. The van der Waals surface area contributed by atoms with Crippen LogP contribution in [0.5, 0.6) is 0 Å². The van der Waals surface area contributed by atoms with Crippen LogP contribution in [0.1, 0.15) is 49.8 Å². The molecule has 8 heteroatoms. The lowest BCUT2D eigenvalue weighted by molar-refractivity contribution is -0.157. The molecule has 5 nitrogen and oxygen atoms in total. The zero-order valence-electron chi connectivity index (χ0n) is 11.4. The molecular weight excluding hydrogens is 287 g/mol. The second-order valence-electron chi connectivity index (χ2n) is 5.67. The molecule has 1 aromatic heterocycles. The predicted octanol–water partition coefficient (Wildman–Crippen LogP) is 2.59. The molecule has 0 spiro atoms. The lowest BCUT2D eigenvalue weighted by atomic mass is 9.83. The Morgan fingerprint density at radius 1 is 1.14 bits per heavy atom. The fourth-order valence-electron chi connectivity index (χ4n) is 2.77. The van der Waals surface area contributed by atoms with E-state index in [0.29, 0.717) is 25.9 Å². The van der Waals surface area contributed by atoms with Crippen LogP contribution in [0.15, 0.2) is 4.42 Å². The largest absolute Gasteiger partial charge is 0.470 e. The maximum atomic E-state index is 12.4. The topological polar surface area (TPSA) is 59.2 Å². The molecule has 116 valence electrons. The van der Waals surface area contributed by atoms with Crippen molar-refractivity contribution in [2.75, 3.05) is 13.1 Å². The number of halogens is 3. The van der Waals surface area contributed by atoms with Crippen molar-refractivity contribution in [3.63, 3.8) is 0 Å². The maximum Gasteiger partial charge on any atom is 0.470 e. The molecule has 0 bridgehead atoms. The Morgan fingerprint density at radius 3 is 2.29 bits per heavy atom. The van der Waals surface area contributed by atoms with Crippen LogP contribution < -0.4 is 0 Å². The van der Waals surface area contributed by atoms with Crippen LogP contribution in [0.25, 0.3) is 0 Å².